The number of hydrogen-bond donors (Lipinski definition) is 0. The number of likely N-dealkylation sites (tertiary alicyclic amines) is 1. The zero-order valence-corrected chi connectivity index (χ0v) is 18.7. The molecule has 0 aromatic heterocycles. The van der Waals surface area contributed by atoms with E-state index >= 15 is 0 Å². The summed E-state index contributed by atoms with van der Waals surface area (Å²) >= 11 is 0. The van der Waals surface area contributed by atoms with Gasteiger partial charge in [-0.2, -0.15) is 0 Å². The smallest absolute Gasteiger partial charge is 0.409 e. The molecule has 1 saturated heterocycles. The number of methoxy groups -OCH3 is 2. The average Bonchev–Trinajstić information content (AvgIpc) is 3.28. The van der Waals surface area contributed by atoms with Gasteiger partial charge in [0.1, 0.15) is 0 Å². The van der Waals surface area contributed by atoms with Crippen LogP contribution in [-0.4, -0.2) is 44.4 Å². The molecule has 1 amide bonds. The third-order valence-corrected chi connectivity index (χ3v) is 5.38. The molecular formula is C25H35NO4. The van der Waals surface area contributed by atoms with E-state index in [1.165, 1.54) is 12.7 Å². The first-order valence-corrected chi connectivity index (χ1v) is 10.7. The number of para-hydroxylation sites is 2. The summed E-state index contributed by atoms with van der Waals surface area (Å²) in [4.78, 5) is 12.8. The van der Waals surface area contributed by atoms with Gasteiger partial charge in [-0.3, -0.25) is 0 Å². The van der Waals surface area contributed by atoms with E-state index in [9.17, 15) is 4.79 Å². The van der Waals surface area contributed by atoms with Crippen molar-refractivity contribution in [1.82, 2.24) is 4.90 Å². The van der Waals surface area contributed by atoms with Crippen LogP contribution in [0.4, 0.5) is 4.79 Å². The third kappa shape index (κ3) is 7.62. The maximum Gasteiger partial charge on any atom is 0.409 e. The van der Waals surface area contributed by atoms with Gasteiger partial charge in [-0.05, 0) is 49.8 Å². The number of rotatable bonds is 7. The average molecular weight is 414 g/mol. The van der Waals surface area contributed by atoms with Crippen LogP contribution in [0.25, 0.3) is 0 Å². The molecule has 2 aromatic carbocycles. The number of carbonyl (C=O) groups is 1. The summed E-state index contributed by atoms with van der Waals surface area (Å²) in [6.45, 7) is 6.00. The molecule has 1 aliphatic heterocycles. The minimum atomic E-state index is -0.180. The van der Waals surface area contributed by atoms with Gasteiger partial charge in [-0.1, -0.05) is 55.8 Å². The minimum absolute atomic E-state index is 0.163. The highest BCUT2D eigenvalue weighted by Gasteiger charge is 2.25. The van der Waals surface area contributed by atoms with Gasteiger partial charge in [0.05, 0.1) is 20.3 Å². The predicted molar refractivity (Wildman–Crippen MR) is 120 cm³/mol. The second-order valence-corrected chi connectivity index (χ2v) is 7.58. The highest BCUT2D eigenvalue weighted by molar-refractivity contribution is 5.67. The van der Waals surface area contributed by atoms with E-state index in [4.69, 9.17) is 9.47 Å². The van der Waals surface area contributed by atoms with Gasteiger partial charge in [0.15, 0.2) is 11.5 Å². The van der Waals surface area contributed by atoms with Crippen molar-refractivity contribution in [2.75, 3.05) is 27.3 Å². The molecule has 164 valence electrons. The molecule has 0 N–H and O–H groups in total. The van der Waals surface area contributed by atoms with Gasteiger partial charge in [-0.15, -0.1) is 0 Å². The topological polar surface area (TPSA) is 48.0 Å². The molecule has 30 heavy (non-hydrogen) atoms. The molecule has 0 spiro atoms. The lowest BCUT2D eigenvalue weighted by Gasteiger charge is -2.16. The summed E-state index contributed by atoms with van der Waals surface area (Å²) in [5.74, 6) is 2.29. The van der Waals surface area contributed by atoms with Crippen LogP contribution in [-0.2, 0) is 11.2 Å². The maximum atomic E-state index is 11.0. The number of benzene rings is 2. The Morgan fingerprint density at radius 3 is 2.33 bits per heavy atom. The molecule has 1 aliphatic rings. The summed E-state index contributed by atoms with van der Waals surface area (Å²) < 4.78 is 15.8. The Hall–Kier alpha value is -2.69. The molecule has 1 fully saturated rings. The first-order valence-electron chi connectivity index (χ1n) is 10.7. The molecule has 3 rings (SSSR count). The van der Waals surface area contributed by atoms with Gasteiger partial charge in [-0.25, -0.2) is 4.79 Å². The Kier molecular flexibility index (Phi) is 10.1. The van der Waals surface area contributed by atoms with Crippen molar-refractivity contribution in [1.29, 1.82) is 0 Å². The summed E-state index contributed by atoms with van der Waals surface area (Å²) in [6, 6.07) is 18.2. The normalized spacial score (nSPS) is 16.3. The number of amides is 1. The fourth-order valence-electron chi connectivity index (χ4n) is 3.47. The molecule has 0 bridgehead atoms. The van der Waals surface area contributed by atoms with Crippen molar-refractivity contribution in [2.45, 2.75) is 45.6 Å². The van der Waals surface area contributed by atoms with E-state index in [2.05, 4.69) is 42.8 Å². The van der Waals surface area contributed by atoms with Crippen molar-refractivity contribution in [2.24, 2.45) is 5.92 Å². The Morgan fingerprint density at radius 2 is 1.73 bits per heavy atom. The largest absolute Gasteiger partial charge is 0.493 e. The summed E-state index contributed by atoms with van der Waals surface area (Å²) in [6.07, 6.45) is 4.29. The number of nitrogens with zero attached hydrogens (tertiary/aromatic N) is 1. The van der Waals surface area contributed by atoms with E-state index in [0.29, 0.717) is 5.92 Å². The first-order chi connectivity index (χ1) is 14.6. The van der Waals surface area contributed by atoms with Crippen molar-refractivity contribution in [3.8, 4) is 11.5 Å². The van der Waals surface area contributed by atoms with E-state index < -0.39 is 0 Å². The second kappa shape index (κ2) is 12.8. The SMILES string of the molecule is CCC1CCN(C(=O)OC)C1.COc1ccccc1OC(C)CCc1ccccc1. The van der Waals surface area contributed by atoms with Crippen LogP contribution in [0.1, 0.15) is 38.7 Å². The lowest BCUT2D eigenvalue weighted by molar-refractivity contribution is 0.131. The maximum absolute atomic E-state index is 11.0. The molecule has 2 unspecified atom stereocenters. The number of ether oxygens (including phenoxy) is 3. The predicted octanol–water partition coefficient (Wildman–Crippen LogP) is 5.58. The fourth-order valence-corrected chi connectivity index (χ4v) is 3.47. The van der Waals surface area contributed by atoms with Crippen LogP contribution in [0.2, 0.25) is 0 Å². The van der Waals surface area contributed by atoms with Crippen LogP contribution < -0.4 is 9.47 Å². The Morgan fingerprint density at radius 1 is 1.07 bits per heavy atom. The molecular weight excluding hydrogens is 378 g/mol. The first kappa shape index (κ1) is 23.6. The number of aryl methyl sites for hydroxylation is 1. The number of carbonyl (C=O) groups excluding carboxylic acids is 1. The van der Waals surface area contributed by atoms with Gasteiger partial charge in [0.25, 0.3) is 0 Å². The Labute approximate surface area is 180 Å². The standard InChI is InChI=1S/C17H20O2.C8H15NO2/c1-14(12-13-15-8-4-3-5-9-15)19-17-11-7-6-10-16(17)18-2;1-3-7-4-5-9(6-7)8(10)11-2/h3-11,14H,12-13H2,1-2H3;7H,3-6H2,1-2H3. The summed E-state index contributed by atoms with van der Waals surface area (Å²) in [7, 11) is 3.10. The number of hydrogen-bond acceptors (Lipinski definition) is 4. The van der Waals surface area contributed by atoms with Crippen LogP contribution in [0.3, 0.4) is 0 Å². The molecule has 2 aromatic rings. The molecule has 5 nitrogen and oxygen atoms in total. The highest BCUT2D eigenvalue weighted by Crippen LogP contribution is 2.27. The monoisotopic (exact) mass is 413 g/mol. The van der Waals surface area contributed by atoms with Gasteiger partial charge < -0.3 is 19.1 Å². The van der Waals surface area contributed by atoms with E-state index in [-0.39, 0.29) is 12.2 Å². The lowest BCUT2D eigenvalue weighted by atomic mass is 10.1. The van der Waals surface area contributed by atoms with Gasteiger partial charge in [0.2, 0.25) is 0 Å². The van der Waals surface area contributed by atoms with Crippen molar-refractivity contribution >= 4 is 6.09 Å². The van der Waals surface area contributed by atoms with Gasteiger partial charge >= 0.3 is 6.09 Å². The van der Waals surface area contributed by atoms with Crippen LogP contribution >= 0.6 is 0 Å². The van der Waals surface area contributed by atoms with Crippen molar-refractivity contribution < 1.29 is 19.0 Å². The second-order valence-electron chi connectivity index (χ2n) is 7.58. The Balaban J connectivity index is 0.000000248. The zero-order valence-electron chi connectivity index (χ0n) is 18.7. The Bertz CT molecular complexity index is 750. The quantitative estimate of drug-likeness (QED) is 0.594. The molecule has 0 saturated carbocycles. The van der Waals surface area contributed by atoms with E-state index in [1.807, 2.05) is 30.3 Å². The molecule has 2 atom stereocenters. The molecule has 0 radical (unpaired) electrons. The minimum Gasteiger partial charge on any atom is -0.493 e. The molecule has 0 aliphatic carbocycles. The van der Waals surface area contributed by atoms with Crippen LogP contribution in [0.5, 0.6) is 11.5 Å². The van der Waals surface area contributed by atoms with Crippen LogP contribution in [0.15, 0.2) is 54.6 Å². The van der Waals surface area contributed by atoms with Gasteiger partial charge in [0, 0.05) is 13.1 Å². The highest BCUT2D eigenvalue weighted by atomic mass is 16.5. The molecule has 5 heteroatoms. The van der Waals surface area contributed by atoms with Crippen molar-refractivity contribution in [3.05, 3.63) is 60.2 Å². The summed E-state index contributed by atoms with van der Waals surface area (Å²) in [5, 5.41) is 0. The van der Waals surface area contributed by atoms with Crippen molar-refractivity contribution in [3.63, 3.8) is 0 Å². The van der Waals surface area contributed by atoms with Crippen LogP contribution in [0, 0.1) is 5.92 Å². The molecule has 1 heterocycles. The lowest BCUT2D eigenvalue weighted by Crippen LogP contribution is -2.28. The zero-order chi connectivity index (χ0) is 21.8. The third-order valence-electron chi connectivity index (χ3n) is 5.38. The van der Waals surface area contributed by atoms with E-state index in [1.54, 1.807) is 12.0 Å². The van der Waals surface area contributed by atoms with E-state index in [0.717, 1.165) is 50.3 Å². The fraction of sp³-hybridized carbons (Fsp3) is 0.480. The summed E-state index contributed by atoms with van der Waals surface area (Å²) in [5.41, 5.74) is 1.35.